The molecule has 0 aromatic heterocycles. The Hall–Kier alpha value is -3.94. The number of Topliss-reactive ketones (excluding diaryl/α,β-unsaturated/α-hetero) is 1. The molecule has 2 aromatic carbocycles. The van der Waals surface area contributed by atoms with Gasteiger partial charge in [-0.2, -0.15) is 0 Å². The molecular formula is C26H26N2O6. The summed E-state index contributed by atoms with van der Waals surface area (Å²) in [5.41, 5.74) is 3.53. The summed E-state index contributed by atoms with van der Waals surface area (Å²) in [6.07, 6.45) is 0.847. The van der Waals surface area contributed by atoms with Crippen molar-refractivity contribution >= 4 is 17.4 Å². The summed E-state index contributed by atoms with van der Waals surface area (Å²) in [5, 5.41) is 14.7. The third-order valence-corrected chi connectivity index (χ3v) is 6.32. The Labute approximate surface area is 197 Å². The van der Waals surface area contributed by atoms with Gasteiger partial charge in [0.15, 0.2) is 5.78 Å². The topological polar surface area (TPSA) is 108 Å². The third-order valence-electron chi connectivity index (χ3n) is 6.32. The first-order valence-corrected chi connectivity index (χ1v) is 11.1. The highest BCUT2D eigenvalue weighted by Crippen LogP contribution is 2.46. The van der Waals surface area contributed by atoms with Crippen molar-refractivity contribution in [1.82, 2.24) is 5.32 Å². The van der Waals surface area contributed by atoms with Crippen LogP contribution in [-0.2, 0) is 14.3 Å². The van der Waals surface area contributed by atoms with E-state index in [1.54, 1.807) is 33.1 Å². The lowest BCUT2D eigenvalue weighted by molar-refractivity contribution is -0.384. The summed E-state index contributed by atoms with van der Waals surface area (Å²) in [5.74, 6) is -0.668. The van der Waals surface area contributed by atoms with Crippen molar-refractivity contribution in [2.24, 2.45) is 0 Å². The third kappa shape index (κ3) is 4.31. The number of hydrogen-bond donors (Lipinski definition) is 1. The molecule has 4 rings (SSSR count). The zero-order valence-corrected chi connectivity index (χ0v) is 19.3. The number of carbonyl (C=O) groups is 2. The molecule has 0 amide bonds. The molecule has 34 heavy (non-hydrogen) atoms. The number of nitro groups is 1. The molecular weight excluding hydrogens is 436 g/mol. The number of nitrogens with zero attached hydrogens (tertiary/aromatic N) is 1. The van der Waals surface area contributed by atoms with E-state index in [0.717, 1.165) is 17.0 Å². The van der Waals surface area contributed by atoms with Crippen molar-refractivity contribution in [3.05, 3.63) is 92.3 Å². The predicted molar refractivity (Wildman–Crippen MR) is 125 cm³/mol. The lowest BCUT2D eigenvalue weighted by Crippen LogP contribution is -2.36. The van der Waals surface area contributed by atoms with Gasteiger partial charge < -0.3 is 14.8 Å². The van der Waals surface area contributed by atoms with Crippen LogP contribution < -0.4 is 10.1 Å². The molecule has 0 bridgehead atoms. The molecule has 8 heteroatoms. The minimum atomic E-state index is -0.737. The van der Waals surface area contributed by atoms with Crippen LogP contribution in [0.1, 0.15) is 49.7 Å². The number of nitrogens with one attached hydrogen (secondary N) is 1. The number of rotatable bonds is 6. The van der Waals surface area contributed by atoms with Crippen molar-refractivity contribution in [2.45, 2.75) is 38.5 Å². The molecule has 176 valence electrons. The van der Waals surface area contributed by atoms with Crippen molar-refractivity contribution in [1.29, 1.82) is 0 Å². The van der Waals surface area contributed by atoms with Gasteiger partial charge in [0.25, 0.3) is 5.69 Å². The van der Waals surface area contributed by atoms with Crippen LogP contribution >= 0.6 is 0 Å². The van der Waals surface area contributed by atoms with Gasteiger partial charge >= 0.3 is 5.97 Å². The van der Waals surface area contributed by atoms with Gasteiger partial charge in [0, 0.05) is 41.4 Å². The maximum absolute atomic E-state index is 13.5. The van der Waals surface area contributed by atoms with Gasteiger partial charge in [-0.15, -0.1) is 0 Å². The molecule has 0 radical (unpaired) electrons. The lowest BCUT2D eigenvalue weighted by Gasteiger charge is -2.36. The first-order valence-electron chi connectivity index (χ1n) is 11.1. The quantitative estimate of drug-likeness (QED) is 0.382. The van der Waals surface area contributed by atoms with E-state index in [2.05, 4.69) is 5.32 Å². The van der Waals surface area contributed by atoms with Crippen molar-refractivity contribution in [2.75, 3.05) is 13.7 Å². The molecule has 1 aliphatic carbocycles. The Kier molecular flexibility index (Phi) is 6.49. The van der Waals surface area contributed by atoms with Gasteiger partial charge in [0.1, 0.15) is 5.75 Å². The SMILES string of the molecule is CCOC(=O)C1=C(C)NC2=C(C(=O)C[C@H](c3ccc(OC)cc3)C2)[C@H]1c1cccc([N+](=O)[O-])c1. The van der Waals surface area contributed by atoms with Gasteiger partial charge in [-0.05, 0) is 49.4 Å². The van der Waals surface area contributed by atoms with E-state index in [9.17, 15) is 19.7 Å². The number of nitro benzene ring substituents is 1. The Balaban J connectivity index is 1.79. The number of dihydropyridines is 1. The average molecular weight is 463 g/mol. The fourth-order valence-corrected chi connectivity index (χ4v) is 4.78. The summed E-state index contributed by atoms with van der Waals surface area (Å²) >= 11 is 0. The fourth-order valence-electron chi connectivity index (χ4n) is 4.78. The van der Waals surface area contributed by atoms with E-state index in [1.807, 2.05) is 24.3 Å². The Morgan fingerprint density at radius 3 is 2.53 bits per heavy atom. The molecule has 0 spiro atoms. The molecule has 0 saturated carbocycles. The van der Waals surface area contributed by atoms with Gasteiger partial charge in [-0.3, -0.25) is 14.9 Å². The van der Waals surface area contributed by atoms with Crippen LogP contribution in [0.3, 0.4) is 0 Å². The zero-order chi connectivity index (χ0) is 24.4. The number of benzene rings is 2. The molecule has 2 aromatic rings. The van der Waals surface area contributed by atoms with Crippen LogP contribution in [-0.4, -0.2) is 30.4 Å². The maximum Gasteiger partial charge on any atom is 0.336 e. The van der Waals surface area contributed by atoms with Crippen molar-refractivity contribution in [3.8, 4) is 5.75 Å². The Bertz CT molecular complexity index is 1210. The highest BCUT2D eigenvalue weighted by molar-refractivity contribution is 6.04. The summed E-state index contributed by atoms with van der Waals surface area (Å²) in [6, 6.07) is 13.7. The first kappa shape index (κ1) is 23.2. The number of ether oxygens (including phenoxy) is 2. The van der Waals surface area contributed by atoms with E-state index < -0.39 is 16.8 Å². The molecule has 8 nitrogen and oxygen atoms in total. The number of hydrogen-bond acceptors (Lipinski definition) is 7. The van der Waals surface area contributed by atoms with Crippen molar-refractivity contribution in [3.63, 3.8) is 0 Å². The molecule has 1 heterocycles. The number of methoxy groups -OCH3 is 1. The number of ketones is 1. The van der Waals surface area contributed by atoms with Crippen LogP contribution in [0.4, 0.5) is 5.69 Å². The van der Waals surface area contributed by atoms with E-state index in [4.69, 9.17) is 9.47 Å². The van der Waals surface area contributed by atoms with Gasteiger partial charge in [0.05, 0.1) is 24.2 Å². The van der Waals surface area contributed by atoms with Gasteiger partial charge in [0.2, 0.25) is 0 Å². The molecule has 2 atom stereocenters. The van der Waals surface area contributed by atoms with Crippen LogP contribution in [0.25, 0.3) is 0 Å². The van der Waals surface area contributed by atoms with Crippen LogP contribution in [0.15, 0.2) is 71.1 Å². The number of allylic oxidation sites excluding steroid dienone is 3. The smallest absolute Gasteiger partial charge is 0.336 e. The first-order chi connectivity index (χ1) is 16.3. The Morgan fingerprint density at radius 2 is 1.88 bits per heavy atom. The standard InChI is InChI=1S/C26H26N2O6/c1-4-34-26(30)23-15(2)27-21-13-18(16-8-10-20(33-3)11-9-16)14-22(29)25(21)24(23)17-6-5-7-19(12-17)28(31)32/h5-12,18,24,27H,4,13-14H2,1-3H3/t18-,24+/m1/s1. The monoisotopic (exact) mass is 462 g/mol. The van der Waals surface area contributed by atoms with Crippen LogP contribution in [0.5, 0.6) is 5.75 Å². The zero-order valence-electron chi connectivity index (χ0n) is 19.3. The lowest BCUT2D eigenvalue weighted by atomic mass is 9.71. The van der Waals surface area contributed by atoms with E-state index in [1.165, 1.54) is 12.1 Å². The summed E-state index contributed by atoms with van der Waals surface area (Å²) in [7, 11) is 1.60. The minimum absolute atomic E-state index is 0.0349. The molecule has 1 aliphatic heterocycles. The molecule has 0 saturated heterocycles. The summed E-state index contributed by atoms with van der Waals surface area (Å²) in [4.78, 5) is 37.4. The average Bonchev–Trinajstić information content (AvgIpc) is 2.83. The second kappa shape index (κ2) is 9.51. The highest BCUT2D eigenvalue weighted by Gasteiger charge is 2.41. The fraction of sp³-hybridized carbons (Fsp3) is 0.308. The van der Waals surface area contributed by atoms with Crippen LogP contribution in [0.2, 0.25) is 0 Å². The number of carbonyl (C=O) groups excluding carboxylic acids is 2. The normalized spacial score (nSPS) is 19.9. The largest absolute Gasteiger partial charge is 0.497 e. The van der Waals surface area contributed by atoms with E-state index in [0.29, 0.717) is 28.8 Å². The molecule has 0 fully saturated rings. The maximum atomic E-state index is 13.5. The van der Waals surface area contributed by atoms with Gasteiger partial charge in [-0.25, -0.2) is 4.79 Å². The summed E-state index contributed by atoms with van der Waals surface area (Å²) in [6.45, 7) is 3.65. The van der Waals surface area contributed by atoms with Crippen molar-refractivity contribution < 1.29 is 24.0 Å². The second-order valence-corrected chi connectivity index (χ2v) is 8.36. The van der Waals surface area contributed by atoms with Crippen LogP contribution in [0, 0.1) is 10.1 Å². The molecule has 1 N–H and O–H groups in total. The minimum Gasteiger partial charge on any atom is -0.497 e. The number of esters is 1. The predicted octanol–water partition coefficient (Wildman–Crippen LogP) is 4.53. The highest BCUT2D eigenvalue weighted by atomic mass is 16.6. The van der Waals surface area contributed by atoms with E-state index >= 15 is 0 Å². The summed E-state index contributed by atoms with van der Waals surface area (Å²) < 4.78 is 10.5. The molecule has 0 unspecified atom stereocenters. The Morgan fingerprint density at radius 1 is 1.15 bits per heavy atom. The van der Waals surface area contributed by atoms with E-state index in [-0.39, 0.29) is 30.4 Å². The molecule has 2 aliphatic rings. The number of non-ortho nitro benzene ring substituents is 1. The second-order valence-electron chi connectivity index (χ2n) is 8.36. The van der Waals surface area contributed by atoms with Gasteiger partial charge in [-0.1, -0.05) is 24.3 Å².